The summed E-state index contributed by atoms with van der Waals surface area (Å²) in [5.41, 5.74) is -0.932. The normalized spacial score (nSPS) is 11.2. The Morgan fingerprint density at radius 3 is 2.50 bits per heavy atom. The molecule has 0 aliphatic heterocycles. The lowest BCUT2D eigenvalue weighted by molar-refractivity contribution is -0.137. The molecule has 1 amide bonds. The van der Waals surface area contributed by atoms with Crippen LogP contribution in [0.1, 0.15) is 15.9 Å². The summed E-state index contributed by atoms with van der Waals surface area (Å²) in [6.45, 7) is 0.374. The van der Waals surface area contributed by atoms with E-state index in [1.165, 1.54) is 18.2 Å². The average molecular weight is 406 g/mol. The van der Waals surface area contributed by atoms with Crippen molar-refractivity contribution < 1.29 is 22.4 Å². The quantitative estimate of drug-likeness (QED) is 0.586. The van der Waals surface area contributed by atoms with E-state index in [9.17, 15) is 22.4 Å². The fraction of sp³-hybridized carbons (Fsp3) is 0.200. The van der Waals surface area contributed by atoms with Gasteiger partial charge < -0.3 is 10.6 Å². The lowest BCUT2D eigenvalue weighted by atomic mass is 10.2. The van der Waals surface area contributed by atoms with Crippen molar-refractivity contribution in [1.82, 2.24) is 10.3 Å². The van der Waals surface area contributed by atoms with Gasteiger partial charge in [-0.2, -0.15) is 13.2 Å². The molecule has 0 spiro atoms. The maximum absolute atomic E-state index is 13.6. The summed E-state index contributed by atoms with van der Waals surface area (Å²) in [7, 11) is 0. The molecule has 9 heteroatoms. The second-order valence-corrected chi connectivity index (χ2v) is 5.65. The van der Waals surface area contributed by atoms with Crippen LogP contribution in [-0.4, -0.2) is 24.0 Å². The van der Waals surface area contributed by atoms with Crippen LogP contribution in [0, 0.1) is 5.82 Å². The highest BCUT2D eigenvalue weighted by Gasteiger charge is 2.30. The number of halogens is 5. The monoisotopic (exact) mass is 405 g/mol. The van der Waals surface area contributed by atoms with Gasteiger partial charge in [0.25, 0.3) is 5.91 Å². The van der Waals surface area contributed by atoms with Crippen molar-refractivity contribution in [3.05, 3.63) is 57.9 Å². The van der Waals surface area contributed by atoms with Crippen molar-refractivity contribution >= 4 is 27.7 Å². The van der Waals surface area contributed by atoms with Crippen molar-refractivity contribution in [2.24, 2.45) is 0 Å². The lowest BCUT2D eigenvalue weighted by Crippen LogP contribution is -2.29. The molecule has 0 aliphatic carbocycles. The highest BCUT2D eigenvalue weighted by Crippen LogP contribution is 2.28. The van der Waals surface area contributed by atoms with E-state index in [1.54, 1.807) is 6.07 Å². The summed E-state index contributed by atoms with van der Waals surface area (Å²) < 4.78 is 51.3. The van der Waals surface area contributed by atoms with Crippen LogP contribution in [0.5, 0.6) is 0 Å². The van der Waals surface area contributed by atoms with Gasteiger partial charge in [0.1, 0.15) is 11.6 Å². The molecule has 2 aromatic rings. The van der Waals surface area contributed by atoms with Crippen LogP contribution in [0.4, 0.5) is 23.4 Å². The molecule has 2 rings (SSSR count). The van der Waals surface area contributed by atoms with Crippen LogP contribution in [0.15, 0.2) is 41.0 Å². The molecule has 1 heterocycles. The van der Waals surface area contributed by atoms with E-state index in [4.69, 9.17) is 0 Å². The topological polar surface area (TPSA) is 54.0 Å². The third kappa shape index (κ3) is 4.92. The maximum atomic E-state index is 13.6. The van der Waals surface area contributed by atoms with Crippen LogP contribution in [0.3, 0.4) is 0 Å². The van der Waals surface area contributed by atoms with Crippen LogP contribution < -0.4 is 10.6 Å². The second kappa shape index (κ2) is 7.61. The highest BCUT2D eigenvalue weighted by atomic mass is 79.9. The molecule has 2 N–H and O–H groups in total. The molecule has 0 radical (unpaired) electrons. The van der Waals surface area contributed by atoms with E-state index in [1.807, 2.05) is 0 Å². The lowest BCUT2D eigenvalue weighted by Gasteiger charge is -2.09. The number of rotatable bonds is 5. The molecule has 0 unspecified atom stereocenters. The molecule has 0 saturated heterocycles. The third-order valence-electron chi connectivity index (χ3n) is 2.98. The number of nitrogens with zero attached hydrogens (tertiary/aromatic N) is 1. The van der Waals surface area contributed by atoms with Crippen LogP contribution >= 0.6 is 15.9 Å². The van der Waals surface area contributed by atoms with Gasteiger partial charge in [-0.1, -0.05) is 15.9 Å². The zero-order valence-electron chi connectivity index (χ0n) is 12.1. The van der Waals surface area contributed by atoms with Gasteiger partial charge in [-0.25, -0.2) is 9.37 Å². The van der Waals surface area contributed by atoms with Crippen molar-refractivity contribution in [2.75, 3.05) is 18.4 Å². The smallest absolute Gasteiger partial charge is 0.368 e. The Morgan fingerprint density at radius 2 is 1.92 bits per heavy atom. The number of aromatic nitrogens is 1. The van der Waals surface area contributed by atoms with Gasteiger partial charge in [-0.05, 0) is 30.3 Å². The standard InChI is InChI=1S/C15H12BrF4N3O/c16-10-2-3-11(12(17)7-10)14(24)22-6-5-21-13-4-1-9(8-23-13)15(18,19)20/h1-4,7-8H,5-6H2,(H,21,23)(H,22,24). The molecule has 0 fully saturated rings. The summed E-state index contributed by atoms with van der Waals surface area (Å²) in [5.74, 6) is -0.992. The number of carbonyl (C=O) groups excluding carboxylic acids is 1. The van der Waals surface area contributed by atoms with E-state index in [0.29, 0.717) is 4.47 Å². The molecule has 24 heavy (non-hydrogen) atoms. The van der Waals surface area contributed by atoms with Gasteiger partial charge in [0.2, 0.25) is 0 Å². The Balaban J connectivity index is 1.81. The van der Waals surface area contributed by atoms with Crippen molar-refractivity contribution in [3.8, 4) is 0 Å². The summed E-state index contributed by atoms with van der Waals surface area (Å²) in [4.78, 5) is 15.4. The van der Waals surface area contributed by atoms with Crippen molar-refractivity contribution in [1.29, 1.82) is 0 Å². The Morgan fingerprint density at radius 1 is 1.17 bits per heavy atom. The molecule has 0 atom stereocenters. The molecular formula is C15H12BrF4N3O. The highest BCUT2D eigenvalue weighted by molar-refractivity contribution is 9.10. The molecule has 128 valence electrons. The Bertz CT molecular complexity index is 720. The second-order valence-electron chi connectivity index (χ2n) is 4.74. The molecule has 1 aromatic heterocycles. The molecule has 0 bridgehead atoms. The number of carbonyl (C=O) groups is 1. The van der Waals surface area contributed by atoms with E-state index >= 15 is 0 Å². The first-order chi connectivity index (χ1) is 11.3. The van der Waals surface area contributed by atoms with Crippen molar-refractivity contribution in [2.45, 2.75) is 6.18 Å². The van der Waals surface area contributed by atoms with Crippen molar-refractivity contribution in [3.63, 3.8) is 0 Å². The first kappa shape index (κ1) is 18.2. The third-order valence-corrected chi connectivity index (χ3v) is 3.48. The minimum Gasteiger partial charge on any atom is -0.368 e. The molecule has 0 saturated carbocycles. The molecular weight excluding hydrogens is 394 g/mol. The van der Waals surface area contributed by atoms with Gasteiger partial charge in [0.05, 0.1) is 11.1 Å². The van der Waals surface area contributed by atoms with Crippen LogP contribution in [0.2, 0.25) is 0 Å². The summed E-state index contributed by atoms with van der Waals surface area (Å²) >= 11 is 3.09. The van der Waals surface area contributed by atoms with Gasteiger partial charge in [0, 0.05) is 23.8 Å². The van der Waals surface area contributed by atoms with E-state index in [0.717, 1.165) is 12.3 Å². The first-order valence-electron chi connectivity index (χ1n) is 6.78. The minimum atomic E-state index is -4.44. The predicted octanol–water partition coefficient (Wildman–Crippen LogP) is 3.84. The minimum absolute atomic E-state index is 0.0918. The summed E-state index contributed by atoms with van der Waals surface area (Å²) in [6.07, 6.45) is -3.72. The number of pyridine rings is 1. The van der Waals surface area contributed by atoms with Crippen LogP contribution in [0.25, 0.3) is 0 Å². The number of hydrogen-bond donors (Lipinski definition) is 2. The van der Waals surface area contributed by atoms with Crippen LogP contribution in [-0.2, 0) is 6.18 Å². The Kier molecular flexibility index (Phi) is 5.76. The number of amides is 1. The zero-order chi connectivity index (χ0) is 17.7. The largest absolute Gasteiger partial charge is 0.417 e. The molecule has 1 aromatic carbocycles. The number of hydrogen-bond acceptors (Lipinski definition) is 3. The first-order valence-corrected chi connectivity index (χ1v) is 7.57. The fourth-order valence-electron chi connectivity index (χ4n) is 1.80. The maximum Gasteiger partial charge on any atom is 0.417 e. The van der Waals surface area contributed by atoms with Gasteiger partial charge in [0.15, 0.2) is 0 Å². The number of alkyl halides is 3. The van der Waals surface area contributed by atoms with E-state index in [2.05, 4.69) is 31.5 Å². The van der Waals surface area contributed by atoms with Gasteiger partial charge in [-0.3, -0.25) is 4.79 Å². The van der Waals surface area contributed by atoms with E-state index in [-0.39, 0.29) is 24.5 Å². The molecule has 4 nitrogen and oxygen atoms in total. The fourth-order valence-corrected chi connectivity index (χ4v) is 2.13. The van der Waals surface area contributed by atoms with E-state index < -0.39 is 23.5 Å². The zero-order valence-corrected chi connectivity index (χ0v) is 13.7. The SMILES string of the molecule is O=C(NCCNc1ccc(C(F)(F)F)cn1)c1ccc(Br)cc1F. The summed E-state index contributed by atoms with van der Waals surface area (Å²) in [5, 5.41) is 5.26. The average Bonchev–Trinajstić information content (AvgIpc) is 2.51. The number of anilines is 1. The Hall–Kier alpha value is -2.16. The predicted molar refractivity (Wildman–Crippen MR) is 84.2 cm³/mol. The molecule has 0 aliphatic rings. The van der Waals surface area contributed by atoms with Gasteiger partial charge >= 0.3 is 6.18 Å². The Labute approximate surface area is 143 Å². The number of nitrogens with one attached hydrogen (secondary N) is 2. The number of benzene rings is 1. The van der Waals surface area contributed by atoms with Gasteiger partial charge in [-0.15, -0.1) is 0 Å². The summed E-state index contributed by atoms with van der Waals surface area (Å²) in [6, 6.07) is 6.17.